The number of urea groups is 1. The summed E-state index contributed by atoms with van der Waals surface area (Å²) in [6.45, 7) is 4.82. The summed E-state index contributed by atoms with van der Waals surface area (Å²) in [4.78, 5) is 35.3. The highest BCUT2D eigenvalue weighted by Gasteiger charge is 2.31. The summed E-state index contributed by atoms with van der Waals surface area (Å²) >= 11 is 4.30. The van der Waals surface area contributed by atoms with Crippen LogP contribution in [-0.2, 0) is 28.4 Å². The van der Waals surface area contributed by atoms with Crippen molar-refractivity contribution in [3.8, 4) is 0 Å². The minimum Gasteiger partial charge on any atom is -0.480 e. The number of nitrogens with one attached hydrogen (secondary N) is 1. The van der Waals surface area contributed by atoms with Gasteiger partial charge in [-0.1, -0.05) is 30.3 Å². The lowest BCUT2D eigenvalue weighted by Gasteiger charge is -2.27. The van der Waals surface area contributed by atoms with Crippen molar-refractivity contribution in [3.05, 3.63) is 35.9 Å². The summed E-state index contributed by atoms with van der Waals surface area (Å²) in [5.41, 5.74) is 2.16. The Morgan fingerprint density at radius 1 is 1.29 bits per heavy atom. The molecule has 0 aliphatic rings. The van der Waals surface area contributed by atoms with Crippen molar-refractivity contribution in [2.75, 3.05) is 0 Å². The van der Waals surface area contributed by atoms with Crippen molar-refractivity contribution in [1.29, 1.82) is 0 Å². The zero-order valence-electron chi connectivity index (χ0n) is 13.6. The van der Waals surface area contributed by atoms with Crippen LogP contribution in [0.1, 0.15) is 26.3 Å². The Hall–Kier alpha value is -2.39. The fourth-order valence-corrected chi connectivity index (χ4v) is 1.81. The molecule has 130 valence electrons. The number of carbonyl (C=O) groups is 3. The molecule has 0 saturated carbocycles. The molecule has 0 fully saturated rings. The highest BCUT2D eigenvalue weighted by molar-refractivity contribution is 7.47. The van der Waals surface area contributed by atoms with Crippen LogP contribution in [0, 0.1) is 0 Å². The number of amides is 3. The summed E-state index contributed by atoms with van der Waals surface area (Å²) in [5.74, 6) is -1.25. The van der Waals surface area contributed by atoms with E-state index in [1.165, 1.54) is 0 Å². The molecule has 0 radical (unpaired) electrons. The van der Waals surface area contributed by atoms with Crippen molar-refractivity contribution in [3.63, 3.8) is 0 Å². The second-order valence-corrected chi connectivity index (χ2v) is 6.08. The first kappa shape index (κ1) is 19.7. The molecule has 24 heavy (non-hydrogen) atoms. The Morgan fingerprint density at radius 2 is 1.88 bits per heavy atom. The number of imide groups is 1. The molecule has 3 amide bonds. The Bertz CT molecular complexity index is 615. The topological polar surface area (TPSA) is 108 Å². The number of carboxylic acids is 1. The van der Waals surface area contributed by atoms with E-state index in [-0.39, 0.29) is 6.42 Å². The fraction of sp³-hybridized carbons (Fsp3) is 0.400. The normalized spacial score (nSPS) is 12.1. The SMILES string of the molecule is CC(C)(C)OC(=O)N(NC(Cc1ccccc1)C(=O)O)C(=O)N=S. The minimum absolute atomic E-state index is 0.0418. The van der Waals surface area contributed by atoms with Gasteiger partial charge < -0.3 is 9.84 Å². The van der Waals surface area contributed by atoms with Gasteiger partial charge in [0, 0.05) is 18.8 Å². The number of carboxylic acid groups (broad SMARTS) is 1. The Kier molecular flexibility index (Phi) is 6.93. The number of hydrogen-bond donors (Lipinski definition) is 2. The van der Waals surface area contributed by atoms with E-state index in [9.17, 15) is 19.5 Å². The predicted molar refractivity (Wildman–Crippen MR) is 88.0 cm³/mol. The van der Waals surface area contributed by atoms with E-state index in [0.717, 1.165) is 0 Å². The summed E-state index contributed by atoms with van der Waals surface area (Å²) in [5, 5.41) is 9.72. The van der Waals surface area contributed by atoms with E-state index < -0.39 is 29.7 Å². The monoisotopic (exact) mass is 353 g/mol. The zero-order valence-corrected chi connectivity index (χ0v) is 14.4. The predicted octanol–water partition coefficient (Wildman–Crippen LogP) is 2.27. The van der Waals surface area contributed by atoms with Crippen molar-refractivity contribution in [2.24, 2.45) is 4.36 Å². The van der Waals surface area contributed by atoms with Crippen LogP contribution in [0.4, 0.5) is 9.59 Å². The number of ether oxygens (including phenoxy) is 1. The van der Waals surface area contributed by atoms with Crippen LogP contribution in [0.15, 0.2) is 34.7 Å². The number of hydrazine groups is 1. The van der Waals surface area contributed by atoms with Crippen LogP contribution in [0.3, 0.4) is 0 Å². The van der Waals surface area contributed by atoms with Gasteiger partial charge in [0.15, 0.2) is 0 Å². The van der Waals surface area contributed by atoms with Gasteiger partial charge in [-0.2, -0.15) is 5.01 Å². The van der Waals surface area contributed by atoms with Crippen molar-refractivity contribution in [2.45, 2.75) is 38.8 Å². The van der Waals surface area contributed by atoms with Crippen LogP contribution in [0.25, 0.3) is 0 Å². The molecule has 1 rings (SSSR count). The molecule has 1 aromatic rings. The molecule has 0 aliphatic heterocycles. The molecule has 0 spiro atoms. The van der Waals surface area contributed by atoms with Crippen LogP contribution < -0.4 is 5.43 Å². The lowest BCUT2D eigenvalue weighted by Crippen LogP contribution is -2.55. The van der Waals surface area contributed by atoms with E-state index >= 15 is 0 Å². The molecule has 8 nitrogen and oxygen atoms in total. The highest BCUT2D eigenvalue weighted by atomic mass is 32.1. The molecule has 0 aliphatic carbocycles. The summed E-state index contributed by atoms with van der Waals surface area (Å²) in [6.07, 6.45) is -1.04. The maximum absolute atomic E-state index is 12.1. The average molecular weight is 353 g/mol. The first-order valence-corrected chi connectivity index (χ1v) is 7.44. The number of aliphatic carboxylic acids is 1. The first-order valence-electron chi connectivity index (χ1n) is 7.07. The molecule has 9 heteroatoms. The Labute approximate surface area is 144 Å². The van der Waals surface area contributed by atoms with E-state index in [4.69, 9.17) is 4.74 Å². The largest absolute Gasteiger partial charge is 0.480 e. The number of nitrogens with zero attached hydrogens (tertiary/aromatic N) is 2. The maximum Gasteiger partial charge on any atom is 0.433 e. The van der Waals surface area contributed by atoms with Gasteiger partial charge in [0.05, 0.1) is 0 Å². The minimum atomic E-state index is -1.25. The van der Waals surface area contributed by atoms with Crippen LogP contribution >= 0.6 is 0 Å². The zero-order chi connectivity index (χ0) is 18.3. The summed E-state index contributed by atoms with van der Waals surface area (Å²) in [7, 11) is 0. The van der Waals surface area contributed by atoms with Gasteiger partial charge in [-0.3, -0.25) is 4.79 Å². The third-order valence-electron chi connectivity index (χ3n) is 2.71. The van der Waals surface area contributed by atoms with Crippen LogP contribution in [0.5, 0.6) is 0 Å². The van der Waals surface area contributed by atoms with Crippen LogP contribution in [0.2, 0.25) is 0 Å². The molecule has 0 aromatic heterocycles. The van der Waals surface area contributed by atoms with Gasteiger partial charge in [-0.05, 0) is 26.3 Å². The fourth-order valence-electron chi connectivity index (χ4n) is 1.73. The van der Waals surface area contributed by atoms with Gasteiger partial charge in [-0.25, -0.2) is 15.0 Å². The number of rotatable bonds is 5. The number of carbonyl (C=O) groups excluding carboxylic acids is 2. The molecule has 1 unspecified atom stereocenters. The molecule has 2 N–H and O–H groups in total. The highest BCUT2D eigenvalue weighted by Crippen LogP contribution is 2.11. The summed E-state index contributed by atoms with van der Waals surface area (Å²) in [6, 6.07) is 6.38. The van der Waals surface area contributed by atoms with E-state index in [0.29, 0.717) is 10.6 Å². The molecular weight excluding hydrogens is 334 g/mol. The third-order valence-corrected chi connectivity index (χ3v) is 2.87. The van der Waals surface area contributed by atoms with Crippen molar-refractivity contribution in [1.82, 2.24) is 10.4 Å². The second-order valence-electron chi connectivity index (χ2n) is 5.90. The molecule has 1 aromatic carbocycles. The van der Waals surface area contributed by atoms with Crippen molar-refractivity contribution >= 4 is 30.5 Å². The van der Waals surface area contributed by atoms with Gasteiger partial charge in [0.2, 0.25) is 0 Å². The summed E-state index contributed by atoms with van der Waals surface area (Å²) < 4.78 is 8.03. The molecule has 0 saturated heterocycles. The Balaban J connectivity index is 2.96. The molecule has 1 atom stereocenters. The molecule has 0 heterocycles. The maximum atomic E-state index is 12.1. The van der Waals surface area contributed by atoms with Gasteiger partial charge >= 0.3 is 18.1 Å². The lowest BCUT2D eigenvalue weighted by molar-refractivity contribution is -0.140. The lowest BCUT2D eigenvalue weighted by atomic mass is 10.1. The number of hydrogen-bond acceptors (Lipinski definition) is 6. The molecular formula is C15H19N3O5S. The van der Waals surface area contributed by atoms with E-state index in [1.807, 2.05) is 0 Å². The average Bonchev–Trinajstić information content (AvgIpc) is 2.49. The molecule has 0 bridgehead atoms. The first-order chi connectivity index (χ1) is 11.1. The quantitative estimate of drug-likeness (QED) is 0.782. The van der Waals surface area contributed by atoms with E-state index in [2.05, 4.69) is 22.2 Å². The number of benzene rings is 1. The van der Waals surface area contributed by atoms with Gasteiger partial charge in [-0.15, -0.1) is 4.36 Å². The van der Waals surface area contributed by atoms with Crippen LogP contribution in [-0.4, -0.2) is 39.9 Å². The Morgan fingerprint density at radius 3 is 2.33 bits per heavy atom. The van der Waals surface area contributed by atoms with E-state index in [1.54, 1.807) is 51.1 Å². The second kappa shape index (κ2) is 8.46. The smallest absolute Gasteiger partial charge is 0.433 e. The third kappa shape index (κ3) is 6.39. The van der Waals surface area contributed by atoms with Crippen molar-refractivity contribution < 1.29 is 24.2 Å². The standard InChI is InChI=1S/C15H19N3O5S/c1-15(2,3)23-14(22)18(13(21)17-24)16-11(12(19)20)9-10-7-5-4-6-8-10/h4-8,11,16H,9H2,1-3H3,(H,19,20). The van der Waals surface area contributed by atoms with Gasteiger partial charge in [0.1, 0.15) is 11.6 Å². The van der Waals surface area contributed by atoms with Gasteiger partial charge in [0.25, 0.3) is 0 Å².